The molecule has 1 nitrogen and oxygen atoms in total. The van der Waals surface area contributed by atoms with Crippen molar-refractivity contribution < 1.29 is 9.50 Å². The molecule has 0 bridgehead atoms. The molecular formula is C11H13FOS. The zero-order valence-corrected chi connectivity index (χ0v) is 8.85. The molecule has 1 aliphatic rings. The van der Waals surface area contributed by atoms with Gasteiger partial charge in [-0.15, -0.1) is 0 Å². The molecule has 1 heterocycles. The van der Waals surface area contributed by atoms with E-state index in [0.717, 1.165) is 12.0 Å². The van der Waals surface area contributed by atoms with Crippen molar-refractivity contribution in [1.29, 1.82) is 0 Å². The minimum atomic E-state index is -0.510. The van der Waals surface area contributed by atoms with Crippen molar-refractivity contribution >= 4 is 11.8 Å². The van der Waals surface area contributed by atoms with E-state index in [1.165, 1.54) is 6.07 Å². The quantitative estimate of drug-likeness (QED) is 0.772. The lowest BCUT2D eigenvalue weighted by atomic mass is 9.99. The van der Waals surface area contributed by atoms with E-state index < -0.39 is 6.10 Å². The molecule has 0 saturated carbocycles. The van der Waals surface area contributed by atoms with Gasteiger partial charge in [0, 0.05) is 16.6 Å². The van der Waals surface area contributed by atoms with Crippen molar-refractivity contribution in [2.24, 2.45) is 0 Å². The topological polar surface area (TPSA) is 20.2 Å². The highest BCUT2D eigenvalue weighted by molar-refractivity contribution is 7.99. The fraction of sp³-hybridized carbons (Fsp3) is 0.455. The molecule has 0 saturated heterocycles. The smallest absolute Gasteiger partial charge is 0.127 e. The van der Waals surface area contributed by atoms with E-state index in [0.29, 0.717) is 11.3 Å². The van der Waals surface area contributed by atoms with Gasteiger partial charge in [0.25, 0.3) is 0 Å². The molecule has 14 heavy (non-hydrogen) atoms. The van der Waals surface area contributed by atoms with Crippen LogP contribution in [0.25, 0.3) is 0 Å². The summed E-state index contributed by atoms with van der Waals surface area (Å²) in [6.07, 6.45) is 0.409. The second-order valence-corrected chi connectivity index (χ2v) is 4.74. The summed E-state index contributed by atoms with van der Waals surface area (Å²) in [6.45, 7) is 2.05. The van der Waals surface area contributed by atoms with Gasteiger partial charge in [0.15, 0.2) is 0 Å². The summed E-state index contributed by atoms with van der Waals surface area (Å²) < 4.78 is 13.4. The first kappa shape index (κ1) is 9.99. The largest absolute Gasteiger partial charge is 0.387 e. The molecule has 0 aromatic heterocycles. The molecule has 1 aromatic carbocycles. The molecule has 0 spiro atoms. The Hall–Kier alpha value is -0.540. The van der Waals surface area contributed by atoms with Gasteiger partial charge in [-0.2, -0.15) is 11.8 Å². The minimum absolute atomic E-state index is 0.191. The molecule has 2 atom stereocenters. The van der Waals surface area contributed by atoms with Gasteiger partial charge < -0.3 is 5.11 Å². The zero-order valence-electron chi connectivity index (χ0n) is 8.03. The van der Waals surface area contributed by atoms with E-state index in [1.54, 1.807) is 17.8 Å². The van der Waals surface area contributed by atoms with Crippen LogP contribution in [-0.2, 0) is 5.75 Å². The first-order chi connectivity index (χ1) is 6.74. The molecule has 0 fully saturated rings. The summed E-state index contributed by atoms with van der Waals surface area (Å²) in [6, 6.07) is 4.95. The molecule has 3 heteroatoms. The maximum Gasteiger partial charge on any atom is 0.127 e. The van der Waals surface area contributed by atoms with Crippen molar-refractivity contribution in [3.8, 4) is 0 Å². The molecule has 0 amide bonds. The number of halogens is 1. The number of fused-ring (bicyclic) bond motifs is 1. The lowest BCUT2D eigenvalue weighted by Crippen LogP contribution is -2.21. The first-order valence-corrected chi connectivity index (χ1v) is 5.86. The normalized spacial score (nSPS) is 25.9. The number of benzene rings is 1. The summed E-state index contributed by atoms with van der Waals surface area (Å²) in [5.74, 6) is 0.487. The van der Waals surface area contributed by atoms with E-state index in [-0.39, 0.29) is 11.1 Å². The zero-order chi connectivity index (χ0) is 10.1. The van der Waals surface area contributed by atoms with Gasteiger partial charge in [-0.1, -0.05) is 19.1 Å². The highest BCUT2D eigenvalue weighted by atomic mass is 32.2. The molecule has 1 N–H and O–H groups in total. The minimum Gasteiger partial charge on any atom is -0.387 e. The molecule has 2 rings (SSSR count). The summed E-state index contributed by atoms with van der Waals surface area (Å²) in [5.41, 5.74) is 1.45. The Labute approximate surface area is 87.3 Å². The van der Waals surface area contributed by atoms with Crippen LogP contribution >= 0.6 is 11.8 Å². The molecule has 1 aliphatic heterocycles. The van der Waals surface area contributed by atoms with Crippen LogP contribution in [-0.4, -0.2) is 10.4 Å². The summed E-state index contributed by atoms with van der Waals surface area (Å²) in [5, 5.41) is 10.2. The Balaban J connectivity index is 2.41. The van der Waals surface area contributed by atoms with Gasteiger partial charge in [0.1, 0.15) is 5.82 Å². The molecular weight excluding hydrogens is 199 g/mol. The Kier molecular flexibility index (Phi) is 2.79. The van der Waals surface area contributed by atoms with E-state index in [4.69, 9.17) is 0 Å². The standard InChI is InChI=1S/C11H13FOS/c1-2-10-11(13)7-4-3-5-9(12)8(7)6-14-10/h3-5,10-11,13H,2,6H2,1H3. The van der Waals surface area contributed by atoms with Crippen molar-refractivity contribution in [3.05, 3.63) is 35.1 Å². The number of hydrogen-bond donors (Lipinski definition) is 1. The lowest BCUT2D eigenvalue weighted by Gasteiger charge is -2.28. The van der Waals surface area contributed by atoms with Crippen molar-refractivity contribution in [1.82, 2.24) is 0 Å². The summed E-state index contributed by atoms with van der Waals surface area (Å²) in [7, 11) is 0. The van der Waals surface area contributed by atoms with E-state index >= 15 is 0 Å². The number of thioether (sulfide) groups is 1. The van der Waals surface area contributed by atoms with Crippen molar-refractivity contribution in [2.45, 2.75) is 30.5 Å². The van der Waals surface area contributed by atoms with Crippen LogP contribution < -0.4 is 0 Å². The average Bonchev–Trinajstić information content (AvgIpc) is 2.20. The molecule has 76 valence electrons. The highest BCUT2D eigenvalue weighted by Gasteiger charge is 2.28. The van der Waals surface area contributed by atoms with Gasteiger partial charge in [-0.3, -0.25) is 0 Å². The average molecular weight is 212 g/mol. The number of hydrogen-bond acceptors (Lipinski definition) is 2. The maximum absolute atomic E-state index is 13.4. The van der Waals surface area contributed by atoms with Gasteiger partial charge in [-0.05, 0) is 18.1 Å². The molecule has 1 aromatic rings. The van der Waals surface area contributed by atoms with Crippen LogP contribution in [0.3, 0.4) is 0 Å². The SMILES string of the molecule is CCC1SCc2c(F)cccc2C1O. The molecule has 0 radical (unpaired) electrons. The fourth-order valence-corrected chi connectivity index (χ4v) is 3.08. The van der Waals surface area contributed by atoms with Gasteiger partial charge in [0.2, 0.25) is 0 Å². The van der Waals surface area contributed by atoms with Crippen LogP contribution in [0.2, 0.25) is 0 Å². The van der Waals surface area contributed by atoms with Gasteiger partial charge >= 0.3 is 0 Å². The second kappa shape index (κ2) is 3.91. The summed E-state index contributed by atoms with van der Waals surface area (Å²) in [4.78, 5) is 0. The summed E-state index contributed by atoms with van der Waals surface area (Å²) >= 11 is 1.64. The maximum atomic E-state index is 13.4. The Bertz CT molecular complexity index is 340. The first-order valence-electron chi connectivity index (χ1n) is 4.81. The van der Waals surface area contributed by atoms with Crippen LogP contribution in [0.4, 0.5) is 4.39 Å². The van der Waals surface area contributed by atoms with Crippen LogP contribution in [0.5, 0.6) is 0 Å². The Morgan fingerprint density at radius 1 is 1.57 bits per heavy atom. The highest BCUT2D eigenvalue weighted by Crippen LogP contribution is 2.39. The van der Waals surface area contributed by atoms with Crippen LogP contribution in [0, 0.1) is 5.82 Å². The van der Waals surface area contributed by atoms with Crippen LogP contribution in [0.15, 0.2) is 18.2 Å². The third-order valence-corrected chi connectivity index (χ3v) is 4.14. The van der Waals surface area contributed by atoms with E-state index in [9.17, 15) is 9.50 Å². The molecule has 2 unspecified atom stereocenters. The second-order valence-electron chi connectivity index (χ2n) is 3.51. The molecule has 0 aliphatic carbocycles. The number of aliphatic hydroxyl groups excluding tert-OH is 1. The van der Waals surface area contributed by atoms with Crippen molar-refractivity contribution in [2.75, 3.05) is 0 Å². The van der Waals surface area contributed by atoms with Gasteiger partial charge in [-0.25, -0.2) is 4.39 Å². The lowest BCUT2D eigenvalue weighted by molar-refractivity contribution is 0.169. The number of rotatable bonds is 1. The van der Waals surface area contributed by atoms with Crippen LogP contribution in [0.1, 0.15) is 30.6 Å². The third kappa shape index (κ3) is 1.55. The fourth-order valence-electron chi connectivity index (χ4n) is 1.83. The third-order valence-electron chi connectivity index (χ3n) is 2.67. The van der Waals surface area contributed by atoms with E-state index in [2.05, 4.69) is 0 Å². The van der Waals surface area contributed by atoms with Crippen molar-refractivity contribution in [3.63, 3.8) is 0 Å². The Morgan fingerprint density at radius 2 is 2.36 bits per heavy atom. The predicted molar refractivity (Wildman–Crippen MR) is 56.7 cm³/mol. The number of aliphatic hydroxyl groups is 1. The Morgan fingerprint density at radius 3 is 3.07 bits per heavy atom. The van der Waals surface area contributed by atoms with Gasteiger partial charge in [0.05, 0.1) is 6.10 Å². The van der Waals surface area contributed by atoms with E-state index in [1.807, 2.05) is 13.0 Å². The monoisotopic (exact) mass is 212 g/mol. The predicted octanol–water partition coefficient (Wildman–Crippen LogP) is 2.88.